The molecule has 0 fully saturated rings. The van der Waals surface area contributed by atoms with E-state index in [9.17, 15) is 4.39 Å². The number of aromatic nitrogens is 2. The van der Waals surface area contributed by atoms with Crippen molar-refractivity contribution < 1.29 is 4.39 Å². The molecule has 2 heterocycles. The summed E-state index contributed by atoms with van der Waals surface area (Å²) in [6, 6.07) is 3.58. The van der Waals surface area contributed by atoms with Crippen molar-refractivity contribution >= 4 is 17.2 Å². The van der Waals surface area contributed by atoms with Gasteiger partial charge in [0, 0.05) is 22.8 Å². The van der Waals surface area contributed by atoms with Crippen LogP contribution in [-0.4, -0.2) is 9.97 Å². The summed E-state index contributed by atoms with van der Waals surface area (Å²) in [7, 11) is 0. The van der Waals surface area contributed by atoms with Gasteiger partial charge in [-0.3, -0.25) is 0 Å². The van der Waals surface area contributed by atoms with Crippen LogP contribution in [0.5, 0.6) is 0 Å². The highest BCUT2D eigenvalue weighted by atomic mass is 32.1. The summed E-state index contributed by atoms with van der Waals surface area (Å²) in [6.45, 7) is 3.39. The molecule has 0 saturated carbocycles. The average Bonchev–Trinajstić information content (AvgIpc) is 2.78. The molecular formula is C11H8FN2S. The minimum absolute atomic E-state index is 0.303. The van der Waals surface area contributed by atoms with Crippen LogP contribution in [0.2, 0.25) is 0 Å². The van der Waals surface area contributed by atoms with Crippen LogP contribution >= 0.6 is 11.3 Å². The van der Waals surface area contributed by atoms with Crippen LogP contribution in [0.25, 0.3) is 16.3 Å². The summed E-state index contributed by atoms with van der Waals surface area (Å²) in [6.07, 6.45) is 6.08. The second-order valence-electron chi connectivity index (χ2n) is 2.84. The Morgan fingerprint density at radius 1 is 1.33 bits per heavy atom. The summed E-state index contributed by atoms with van der Waals surface area (Å²) in [5.74, 6) is -0.303. The lowest BCUT2D eigenvalue weighted by molar-refractivity contribution is 0.764. The Labute approximate surface area is 91.1 Å². The van der Waals surface area contributed by atoms with Gasteiger partial charge in [-0.15, -0.1) is 11.3 Å². The van der Waals surface area contributed by atoms with E-state index in [1.54, 1.807) is 18.5 Å². The van der Waals surface area contributed by atoms with E-state index < -0.39 is 0 Å². The maximum absolute atomic E-state index is 13.2. The van der Waals surface area contributed by atoms with E-state index in [0.29, 0.717) is 4.88 Å². The quantitative estimate of drug-likeness (QED) is 0.774. The molecule has 0 aromatic carbocycles. The molecule has 4 heteroatoms. The van der Waals surface area contributed by atoms with Gasteiger partial charge in [0.1, 0.15) is 12.2 Å². The third kappa shape index (κ3) is 2.10. The maximum Gasteiger partial charge on any atom is 0.136 e. The monoisotopic (exact) mass is 219 g/mol. The Morgan fingerprint density at radius 3 is 2.73 bits per heavy atom. The summed E-state index contributed by atoms with van der Waals surface area (Å²) >= 11 is 1.36. The molecule has 0 aliphatic carbocycles. The Hall–Kier alpha value is -1.55. The van der Waals surface area contributed by atoms with E-state index >= 15 is 0 Å². The van der Waals surface area contributed by atoms with Gasteiger partial charge in [0.25, 0.3) is 0 Å². The molecular weight excluding hydrogens is 211 g/mol. The molecule has 0 bridgehead atoms. The van der Waals surface area contributed by atoms with Crippen molar-refractivity contribution in [2.75, 3.05) is 0 Å². The van der Waals surface area contributed by atoms with Crippen molar-refractivity contribution in [3.8, 4) is 10.4 Å². The molecule has 15 heavy (non-hydrogen) atoms. The molecule has 75 valence electrons. The molecule has 2 rings (SSSR count). The smallest absolute Gasteiger partial charge is 0.136 e. The first kappa shape index (κ1) is 9.98. The molecule has 0 aliphatic rings. The summed E-state index contributed by atoms with van der Waals surface area (Å²) < 4.78 is 13.2. The van der Waals surface area contributed by atoms with Gasteiger partial charge in [-0.25, -0.2) is 14.4 Å². The van der Waals surface area contributed by atoms with E-state index in [1.165, 1.54) is 23.7 Å². The molecule has 2 nitrogen and oxygen atoms in total. The Bertz CT molecular complexity index is 476. The number of thiophene rings is 1. The Kier molecular flexibility index (Phi) is 2.87. The fourth-order valence-corrected chi connectivity index (χ4v) is 2.06. The topological polar surface area (TPSA) is 25.8 Å². The molecule has 1 radical (unpaired) electrons. The number of rotatable bonds is 2. The third-order valence-electron chi connectivity index (χ3n) is 1.87. The molecule has 0 amide bonds. The van der Waals surface area contributed by atoms with Crippen LogP contribution in [0.1, 0.15) is 4.88 Å². The van der Waals surface area contributed by atoms with E-state index in [2.05, 4.69) is 16.9 Å². The SMILES string of the molecule is [CH2]/C=C(\F)c1ccc(-c2cncnc2)s1. The van der Waals surface area contributed by atoms with Gasteiger partial charge in [-0.1, -0.05) is 0 Å². The minimum Gasteiger partial charge on any atom is -0.244 e. The lowest BCUT2D eigenvalue weighted by Gasteiger charge is -1.93. The Balaban J connectivity index is 2.36. The first-order valence-corrected chi connectivity index (χ1v) is 5.13. The van der Waals surface area contributed by atoms with Gasteiger partial charge in [0.15, 0.2) is 0 Å². The predicted molar refractivity (Wildman–Crippen MR) is 59.8 cm³/mol. The highest BCUT2D eigenvalue weighted by Crippen LogP contribution is 2.31. The number of allylic oxidation sites excluding steroid dienone is 1. The van der Waals surface area contributed by atoms with Crippen molar-refractivity contribution in [1.82, 2.24) is 9.97 Å². The van der Waals surface area contributed by atoms with Crippen LogP contribution in [0, 0.1) is 6.92 Å². The van der Waals surface area contributed by atoms with Crippen molar-refractivity contribution in [2.45, 2.75) is 0 Å². The van der Waals surface area contributed by atoms with E-state index in [1.807, 2.05) is 6.07 Å². The molecule has 2 aromatic rings. The standard InChI is InChI=1S/C11H8FN2S/c1-2-9(12)11-4-3-10(15-11)8-5-13-7-14-6-8/h2-7H,1H2/b9-2-. The van der Waals surface area contributed by atoms with E-state index in [4.69, 9.17) is 0 Å². The molecule has 0 atom stereocenters. The van der Waals surface area contributed by atoms with Crippen LogP contribution in [0.3, 0.4) is 0 Å². The normalized spacial score (nSPS) is 11.7. The van der Waals surface area contributed by atoms with Gasteiger partial charge < -0.3 is 0 Å². The number of nitrogens with zero attached hydrogens (tertiary/aromatic N) is 2. The summed E-state index contributed by atoms with van der Waals surface area (Å²) in [5, 5.41) is 0. The first-order chi connectivity index (χ1) is 7.31. The second-order valence-corrected chi connectivity index (χ2v) is 3.93. The summed E-state index contributed by atoms with van der Waals surface area (Å²) in [5.41, 5.74) is 0.894. The zero-order valence-electron chi connectivity index (χ0n) is 7.85. The van der Waals surface area contributed by atoms with Gasteiger partial charge in [0.05, 0.1) is 4.88 Å². The van der Waals surface area contributed by atoms with Crippen LogP contribution in [0.4, 0.5) is 4.39 Å². The van der Waals surface area contributed by atoms with Crippen molar-refractivity contribution in [3.05, 3.63) is 48.7 Å². The lowest BCUT2D eigenvalue weighted by Crippen LogP contribution is -1.77. The number of halogens is 1. The predicted octanol–water partition coefficient (Wildman–Crippen LogP) is 3.35. The molecule has 0 aliphatic heterocycles. The molecule has 0 unspecified atom stereocenters. The molecule has 0 saturated heterocycles. The zero-order chi connectivity index (χ0) is 10.7. The third-order valence-corrected chi connectivity index (χ3v) is 3.01. The highest BCUT2D eigenvalue weighted by molar-refractivity contribution is 7.16. The number of hydrogen-bond donors (Lipinski definition) is 0. The zero-order valence-corrected chi connectivity index (χ0v) is 8.67. The van der Waals surface area contributed by atoms with Gasteiger partial charge in [0.2, 0.25) is 0 Å². The van der Waals surface area contributed by atoms with Crippen LogP contribution in [-0.2, 0) is 0 Å². The Morgan fingerprint density at radius 2 is 2.07 bits per heavy atom. The van der Waals surface area contributed by atoms with Gasteiger partial charge in [-0.05, 0) is 25.1 Å². The van der Waals surface area contributed by atoms with E-state index in [0.717, 1.165) is 10.4 Å². The first-order valence-electron chi connectivity index (χ1n) is 4.31. The van der Waals surface area contributed by atoms with Crippen LogP contribution < -0.4 is 0 Å². The summed E-state index contributed by atoms with van der Waals surface area (Å²) in [4.78, 5) is 9.34. The second kappa shape index (κ2) is 4.31. The fourth-order valence-electron chi connectivity index (χ4n) is 1.15. The highest BCUT2D eigenvalue weighted by Gasteiger charge is 2.05. The molecule has 0 spiro atoms. The van der Waals surface area contributed by atoms with Crippen molar-refractivity contribution in [2.24, 2.45) is 0 Å². The van der Waals surface area contributed by atoms with Gasteiger partial charge >= 0.3 is 0 Å². The lowest BCUT2D eigenvalue weighted by atomic mass is 10.3. The maximum atomic E-state index is 13.2. The van der Waals surface area contributed by atoms with Crippen molar-refractivity contribution in [1.29, 1.82) is 0 Å². The minimum atomic E-state index is -0.303. The van der Waals surface area contributed by atoms with E-state index in [-0.39, 0.29) is 5.83 Å². The average molecular weight is 219 g/mol. The largest absolute Gasteiger partial charge is 0.244 e. The molecule has 2 aromatic heterocycles. The van der Waals surface area contributed by atoms with Crippen molar-refractivity contribution in [3.63, 3.8) is 0 Å². The van der Waals surface area contributed by atoms with Gasteiger partial charge in [-0.2, -0.15) is 0 Å². The molecule has 0 N–H and O–H groups in total. The van der Waals surface area contributed by atoms with Crippen LogP contribution in [0.15, 0.2) is 36.9 Å². The number of hydrogen-bond acceptors (Lipinski definition) is 3. The fraction of sp³-hybridized carbons (Fsp3) is 0.